The molecule has 1 aromatic heterocycles. The predicted molar refractivity (Wildman–Crippen MR) is 112 cm³/mol. The minimum absolute atomic E-state index is 0.0748. The first-order chi connectivity index (χ1) is 13.6. The first kappa shape index (κ1) is 20.6. The lowest BCUT2D eigenvalue weighted by Crippen LogP contribution is -2.13. The lowest BCUT2D eigenvalue weighted by atomic mass is 9.98. The SMILES string of the molecule is COc1c(/C(C)=C/C(=O)Nc2cccc(S(N)(=O)=O)c2)cc2c(C)coc2c1C. The number of carbonyl (C=O) groups is 1. The summed E-state index contributed by atoms with van der Waals surface area (Å²) >= 11 is 0. The number of nitrogens with two attached hydrogens (primary N) is 1. The van der Waals surface area contributed by atoms with Crippen LogP contribution in [0, 0.1) is 13.8 Å². The Morgan fingerprint density at radius 3 is 2.62 bits per heavy atom. The highest BCUT2D eigenvalue weighted by Crippen LogP contribution is 2.37. The molecule has 1 amide bonds. The molecule has 3 N–H and O–H groups in total. The molecule has 8 heteroatoms. The van der Waals surface area contributed by atoms with E-state index >= 15 is 0 Å². The molecule has 1 heterocycles. The summed E-state index contributed by atoms with van der Waals surface area (Å²) in [6.45, 7) is 5.66. The quantitative estimate of drug-likeness (QED) is 0.618. The van der Waals surface area contributed by atoms with Crippen molar-refractivity contribution in [3.8, 4) is 5.75 Å². The fourth-order valence-electron chi connectivity index (χ4n) is 3.20. The summed E-state index contributed by atoms with van der Waals surface area (Å²) < 4.78 is 34.1. The number of amides is 1. The standard InChI is InChI=1S/C21H22N2O5S/c1-12(8-19(24)23-15-6-5-7-16(9-15)29(22,25)26)17-10-18-13(2)11-28-21(18)14(3)20(17)27-4/h5-11H,1-4H3,(H,23,24)(H2,22,25,26)/b12-8+. The van der Waals surface area contributed by atoms with Gasteiger partial charge in [0.15, 0.2) is 0 Å². The minimum atomic E-state index is -3.85. The van der Waals surface area contributed by atoms with Gasteiger partial charge in [-0.25, -0.2) is 13.6 Å². The largest absolute Gasteiger partial charge is 0.496 e. The Hall–Kier alpha value is -3.10. The van der Waals surface area contributed by atoms with Gasteiger partial charge in [-0.1, -0.05) is 6.07 Å². The maximum Gasteiger partial charge on any atom is 0.248 e. The van der Waals surface area contributed by atoms with Crippen LogP contribution in [-0.4, -0.2) is 21.4 Å². The van der Waals surface area contributed by atoms with E-state index < -0.39 is 15.9 Å². The average molecular weight is 414 g/mol. The number of methoxy groups -OCH3 is 1. The van der Waals surface area contributed by atoms with E-state index in [-0.39, 0.29) is 4.90 Å². The van der Waals surface area contributed by atoms with Crippen LogP contribution < -0.4 is 15.2 Å². The Morgan fingerprint density at radius 2 is 1.97 bits per heavy atom. The molecule has 0 spiro atoms. The first-order valence-corrected chi connectivity index (χ1v) is 10.3. The van der Waals surface area contributed by atoms with E-state index in [9.17, 15) is 13.2 Å². The molecule has 0 unspecified atom stereocenters. The third-order valence-electron chi connectivity index (χ3n) is 4.64. The van der Waals surface area contributed by atoms with Gasteiger partial charge in [0, 0.05) is 28.3 Å². The summed E-state index contributed by atoms with van der Waals surface area (Å²) in [5, 5.41) is 8.74. The number of fused-ring (bicyclic) bond motifs is 1. The molecule has 0 radical (unpaired) electrons. The Morgan fingerprint density at radius 1 is 1.24 bits per heavy atom. The van der Waals surface area contributed by atoms with E-state index in [0.29, 0.717) is 17.0 Å². The number of sulfonamides is 1. The topological polar surface area (TPSA) is 112 Å². The van der Waals surface area contributed by atoms with Crippen LogP contribution >= 0.6 is 0 Å². The molecule has 0 bridgehead atoms. The lowest BCUT2D eigenvalue weighted by molar-refractivity contribution is -0.111. The molecule has 152 valence electrons. The van der Waals surface area contributed by atoms with Gasteiger partial charge in [-0.05, 0) is 56.2 Å². The van der Waals surface area contributed by atoms with E-state index in [0.717, 1.165) is 27.7 Å². The van der Waals surface area contributed by atoms with Crippen molar-refractivity contribution in [1.82, 2.24) is 0 Å². The molecule has 0 aliphatic rings. The van der Waals surface area contributed by atoms with Gasteiger partial charge in [-0.15, -0.1) is 0 Å². The number of anilines is 1. The number of rotatable bonds is 5. The van der Waals surface area contributed by atoms with Crippen molar-refractivity contribution < 1.29 is 22.4 Å². The van der Waals surface area contributed by atoms with E-state index in [1.165, 1.54) is 24.3 Å². The maximum absolute atomic E-state index is 12.5. The van der Waals surface area contributed by atoms with Gasteiger partial charge >= 0.3 is 0 Å². The number of hydrogen-bond donors (Lipinski definition) is 2. The van der Waals surface area contributed by atoms with Gasteiger partial charge in [-0.3, -0.25) is 4.79 Å². The van der Waals surface area contributed by atoms with Crippen molar-refractivity contribution in [2.45, 2.75) is 25.7 Å². The van der Waals surface area contributed by atoms with Crippen LogP contribution in [0.3, 0.4) is 0 Å². The number of benzene rings is 2. The molecule has 2 aromatic carbocycles. The predicted octanol–water partition coefficient (Wildman–Crippen LogP) is 3.75. The number of hydrogen-bond acceptors (Lipinski definition) is 5. The van der Waals surface area contributed by atoms with Crippen LogP contribution in [0.25, 0.3) is 16.5 Å². The third kappa shape index (κ3) is 4.18. The van der Waals surface area contributed by atoms with Crippen molar-refractivity contribution in [3.05, 3.63) is 59.4 Å². The molecule has 0 fully saturated rings. The fourth-order valence-corrected chi connectivity index (χ4v) is 3.76. The van der Waals surface area contributed by atoms with Gasteiger partial charge in [0.1, 0.15) is 11.3 Å². The van der Waals surface area contributed by atoms with Crippen molar-refractivity contribution in [3.63, 3.8) is 0 Å². The zero-order valence-corrected chi connectivity index (χ0v) is 17.4. The maximum atomic E-state index is 12.5. The normalized spacial score (nSPS) is 12.2. The number of carbonyl (C=O) groups excluding carboxylic acids is 1. The molecule has 0 aliphatic carbocycles. The Bertz CT molecular complexity index is 1240. The molecule has 3 rings (SSSR count). The number of primary sulfonamides is 1. The molecular formula is C21H22N2O5S. The highest BCUT2D eigenvalue weighted by atomic mass is 32.2. The van der Waals surface area contributed by atoms with E-state index in [4.69, 9.17) is 14.3 Å². The van der Waals surface area contributed by atoms with Crippen LogP contribution in [0.15, 0.2) is 52.0 Å². The van der Waals surface area contributed by atoms with Gasteiger partial charge in [-0.2, -0.15) is 0 Å². The van der Waals surface area contributed by atoms with Gasteiger partial charge in [0.25, 0.3) is 0 Å². The van der Waals surface area contributed by atoms with E-state index in [1.807, 2.05) is 19.9 Å². The summed E-state index contributed by atoms with van der Waals surface area (Å²) in [7, 11) is -2.28. The second-order valence-corrected chi connectivity index (χ2v) is 8.33. The number of furan rings is 1. The average Bonchev–Trinajstić information content (AvgIpc) is 3.02. The number of aryl methyl sites for hydroxylation is 2. The van der Waals surface area contributed by atoms with Crippen LogP contribution in [-0.2, 0) is 14.8 Å². The van der Waals surface area contributed by atoms with E-state index in [1.54, 1.807) is 26.4 Å². The van der Waals surface area contributed by atoms with Crippen LogP contribution in [0.4, 0.5) is 5.69 Å². The van der Waals surface area contributed by atoms with Gasteiger partial charge < -0.3 is 14.5 Å². The monoisotopic (exact) mass is 414 g/mol. The molecular weight excluding hydrogens is 392 g/mol. The lowest BCUT2D eigenvalue weighted by Gasteiger charge is -2.13. The smallest absolute Gasteiger partial charge is 0.248 e. The summed E-state index contributed by atoms with van der Waals surface area (Å²) in [5.41, 5.74) is 4.38. The second kappa shape index (κ2) is 7.73. The third-order valence-corrected chi connectivity index (χ3v) is 5.56. The van der Waals surface area contributed by atoms with Gasteiger partial charge in [0.2, 0.25) is 15.9 Å². The number of ether oxygens (including phenoxy) is 1. The van der Waals surface area contributed by atoms with Crippen LogP contribution in [0.1, 0.15) is 23.6 Å². The zero-order chi connectivity index (χ0) is 21.3. The second-order valence-electron chi connectivity index (χ2n) is 6.77. The minimum Gasteiger partial charge on any atom is -0.496 e. The Labute approximate surface area is 169 Å². The molecule has 0 atom stereocenters. The summed E-state index contributed by atoms with van der Waals surface area (Å²) in [6.07, 6.45) is 3.12. The van der Waals surface area contributed by atoms with Crippen molar-refractivity contribution in [1.29, 1.82) is 0 Å². The van der Waals surface area contributed by atoms with Gasteiger partial charge in [0.05, 0.1) is 18.3 Å². The number of allylic oxidation sites excluding steroid dienone is 1. The summed E-state index contributed by atoms with van der Waals surface area (Å²) in [6, 6.07) is 7.69. The molecule has 29 heavy (non-hydrogen) atoms. The first-order valence-electron chi connectivity index (χ1n) is 8.79. The summed E-state index contributed by atoms with van der Waals surface area (Å²) in [5.74, 6) is 0.224. The molecule has 0 aliphatic heterocycles. The van der Waals surface area contributed by atoms with Crippen LogP contribution in [0.2, 0.25) is 0 Å². The molecule has 7 nitrogen and oxygen atoms in total. The van der Waals surface area contributed by atoms with Crippen molar-refractivity contribution in [2.24, 2.45) is 5.14 Å². The van der Waals surface area contributed by atoms with Crippen LogP contribution in [0.5, 0.6) is 5.75 Å². The van der Waals surface area contributed by atoms with E-state index in [2.05, 4.69) is 5.32 Å². The molecule has 0 saturated heterocycles. The number of nitrogens with one attached hydrogen (secondary N) is 1. The molecule has 3 aromatic rings. The van der Waals surface area contributed by atoms with Crippen molar-refractivity contribution >= 4 is 38.2 Å². The Kier molecular flexibility index (Phi) is 5.50. The zero-order valence-electron chi connectivity index (χ0n) is 16.6. The highest BCUT2D eigenvalue weighted by molar-refractivity contribution is 7.89. The van der Waals surface area contributed by atoms with Crippen molar-refractivity contribution in [2.75, 3.05) is 12.4 Å². The fraction of sp³-hybridized carbons (Fsp3) is 0.190. The molecule has 0 saturated carbocycles. The highest BCUT2D eigenvalue weighted by Gasteiger charge is 2.17. The summed E-state index contributed by atoms with van der Waals surface area (Å²) in [4.78, 5) is 12.4. The Balaban J connectivity index is 1.95.